The van der Waals surface area contributed by atoms with E-state index in [0.29, 0.717) is 30.0 Å². The Morgan fingerprint density at radius 3 is 2.93 bits per heavy atom. The summed E-state index contributed by atoms with van der Waals surface area (Å²) in [5.41, 5.74) is 4.29. The maximum Gasteiger partial charge on any atom is 0.259 e. The highest BCUT2D eigenvalue weighted by Crippen LogP contribution is 2.36. The molecule has 4 rings (SSSR count). The summed E-state index contributed by atoms with van der Waals surface area (Å²) in [5, 5.41) is 11.4. The summed E-state index contributed by atoms with van der Waals surface area (Å²) in [6.07, 6.45) is 8.97. The first-order chi connectivity index (χ1) is 13.2. The van der Waals surface area contributed by atoms with E-state index in [1.165, 1.54) is 0 Å². The molecule has 1 N–H and O–H groups in total. The van der Waals surface area contributed by atoms with Crippen LogP contribution < -0.4 is 0 Å². The van der Waals surface area contributed by atoms with E-state index >= 15 is 0 Å². The lowest BCUT2D eigenvalue weighted by Gasteiger charge is -2.35. The predicted molar refractivity (Wildman–Crippen MR) is 100 cm³/mol. The number of aromatic amines is 1. The lowest BCUT2D eigenvalue weighted by atomic mass is 9.94. The standard InChI is InChI=1S/C20H23N5O2/c1-3-17-18(13(2)24-27-17)20(26)25-11-5-4-6-16(25)19-15(12-22-23-19)14-7-9-21-10-8-14/h7-10,12,16H,3-6,11H2,1-2H3,(H,22,23). The summed E-state index contributed by atoms with van der Waals surface area (Å²) >= 11 is 0. The van der Waals surface area contributed by atoms with Gasteiger partial charge in [0, 0.05) is 30.9 Å². The van der Waals surface area contributed by atoms with E-state index in [4.69, 9.17) is 4.52 Å². The Hall–Kier alpha value is -2.96. The highest BCUT2D eigenvalue weighted by molar-refractivity contribution is 5.96. The van der Waals surface area contributed by atoms with Crippen molar-refractivity contribution in [3.8, 4) is 11.1 Å². The van der Waals surface area contributed by atoms with Crippen LogP contribution in [0, 0.1) is 6.92 Å². The lowest BCUT2D eigenvalue weighted by Crippen LogP contribution is -2.39. The molecule has 1 aliphatic heterocycles. The van der Waals surface area contributed by atoms with Gasteiger partial charge in [0.15, 0.2) is 0 Å². The van der Waals surface area contributed by atoms with Crippen LogP contribution in [0.5, 0.6) is 0 Å². The largest absolute Gasteiger partial charge is 0.360 e. The number of amides is 1. The van der Waals surface area contributed by atoms with E-state index < -0.39 is 0 Å². The molecule has 3 aromatic rings. The fourth-order valence-electron chi connectivity index (χ4n) is 3.86. The third-order valence-electron chi connectivity index (χ3n) is 5.23. The molecule has 140 valence electrons. The first-order valence-electron chi connectivity index (χ1n) is 9.40. The summed E-state index contributed by atoms with van der Waals surface area (Å²) in [4.78, 5) is 19.4. The van der Waals surface area contributed by atoms with Crippen LogP contribution in [0.15, 0.2) is 35.2 Å². The highest BCUT2D eigenvalue weighted by Gasteiger charge is 2.34. The zero-order valence-corrected chi connectivity index (χ0v) is 15.6. The van der Waals surface area contributed by atoms with Crippen molar-refractivity contribution in [3.63, 3.8) is 0 Å². The van der Waals surface area contributed by atoms with Crippen molar-refractivity contribution < 1.29 is 9.32 Å². The van der Waals surface area contributed by atoms with Crippen molar-refractivity contribution in [2.75, 3.05) is 6.54 Å². The first-order valence-corrected chi connectivity index (χ1v) is 9.40. The molecule has 0 aromatic carbocycles. The Bertz CT molecular complexity index is 931. The smallest absolute Gasteiger partial charge is 0.259 e. The molecule has 0 aliphatic carbocycles. The summed E-state index contributed by atoms with van der Waals surface area (Å²) in [6, 6.07) is 3.88. The number of aryl methyl sites for hydroxylation is 2. The van der Waals surface area contributed by atoms with Crippen molar-refractivity contribution in [1.82, 2.24) is 25.2 Å². The number of carbonyl (C=O) groups excluding carboxylic acids is 1. The normalized spacial score (nSPS) is 17.3. The molecule has 1 atom stereocenters. The molecular formula is C20H23N5O2. The molecular weight excluding hydrogens is 342 g/mol. The summed E-state index contributed by atoms with van der Waals surface area (Å²) in [5.74, 6) is 0.645. The third-order valence-corrected chi connectivity index (χ3v) is 5.23. The Morgan fingerprint density at radius 2 is 2.15 bits per heavy atom. The number of hydrogen-bond donors (Lipinski definition) is 1. The third kappa shape index (κ3) is 3.13. The van der Waals surface area contributed by atoms with Gasteiger partial charge in [-0.2, -0.15) is 5.10 Å². The van der Waals surface area contributed by atoms with Gasteiger partial charge in [-0.15, -0.1) is 0 Å². The van der Waals surface area contributed by atoms with Crippen LogP contribution in [0.3, 0.4) is 0 Å². The van der Waals surface area contributed by atoms with Gasteiger partial charge in [-0.3, -0.25) is 14.9 Å². The second-order valence-electron chi connectivity index (χ2n) is 6.86. The van der Waals surface area contributed by atoms with E-state index in [1.807, 2.05) is 37.1 Å². The van der Waals surface area contributed by atoms with E-state index in [0.717, 1.165) is 36.1 Å². The van der Waals surface area contributed by atoms with Gasteiger partial charge >= 0.3 is 0 Å². The molecule has 4 heterocycles. The topological polar surface area (TPSA) is 87.9 Å². The molecule has 0 saturated carbocycles. The van der Waals surface area contributed by atoms with Gasteiger partial charge in [0.1, 0.15) is 11.3 Å². The van der Waals surface area contributed by atoms with Crippen LogP contribution in [0.1, 0.15) is 59.7 Å². The highest BCUT2D eigenvalue weighted by atomic mass is 16.5. The zero-order valence-electron chi connectivity index (χ0n) is 15.6. The molecule has 1 aliphatic rings. The van der Waals surface area contributed by atoms with Crippen molar-refractivity contribution in [2.45, 2.75) is 45.6 Å². The van der Waals surface area contributed by atoms with Crippen LogP contribution >= 0.6 is 0 Å². The summed E-state index contributed by atoms with van der Waals surface area (Å²) < 4.78 is 5.35. The number of aromatic nitrogens is 4. The van der Waals surface area contributed by atoms with E-state index in [1.54, 1.807) is 12.4 Å². The number of likely N-dealkylation sites (tertiary alicyclic amines) is 1. The van der Waals surface area contributed by atoms with Gasteiger partial charge in [0.2, 0.25) is 0 Å². The van der Waals surface area contributed by atoms with Gasteiger partial charge in [0.25, 0.3) is 5.91 Å². The molecule has 27 heavy (non-hydrogen) atoms. The summed E-state index contributed by atoms with van der Waals surface area (Å²) in [6.45, 7) is 4.51. The van der Waals surface area contributed by atoms with Gasteiger partial charge in [-0.25, -0.2) is 0 Å². The Labute approximate surface area is 157 Å². The summed E-state index contributed by atoms with van der Waals surface area (Å²) in [7, 11) is 0. The van der Waals surface area contributed by atoms with Crippen molar-refractivity contribution in [2.24, 2.45) is 0 Å². The zero-order chi connectivity index (χ0) is 18.8. The lowest BCUT2D eigenvalue weighted by molar-refractivity contribution is 0.0604. The van der Waals surface area contributed by atoms with Crippen LogP contribution in [-0.2, 0) is 6.42 Å². The van der Waals surface area contributed by atoms with Crippen LogP contribution in [0.25, 0.3) is 11.1 Å². The molecule has 0 radical (unpaired) electrons. The molecule has 1 saturated heterocycles. The van der Waals surface area contributed by atoms with Gasteiger partial charge in [-0.05, 0) is 43.9 Å². The van der Waals surface area contributed by atoms with Gasteiger partial charge in [-0.1, -0.05) is 12.1 Å². The van der Waals surface area contributed by atoms with Crippen molar-refractivity contribution >= 4 is 5.91 Å². The second-order valence-corrected chi connectivity index (χ2v) is 6.86. The minimum atomic E-state index is -0.0454. The number of nitrogens with zero attached hydrogens (tertiary/aromatic N) is 4. The average Bonchev–Trinajstić information content (AvgIpc) is 3.34. The molecule has 7 heteroatoms. The fourth-order valence-corrected chi connectivity index (χ4v) is 3.86. The van der Waals surface area contributed by atoms with Crippen LogP contribution in [0.2, 0.25) is 0 Å². The minimum absolute atomic E-state index is 0.00872. The maximum atomic E-state index is 13.4. The van der Waals surface area contributed by atoms with Crippen LogP contribution in [-0.4, -0.2) is 37.7 Å². The number of piperidine rings is 1. The number of H-pyrrole nitrogens is 1. The molecule has 1 unspecified atom stereocenters. The second kappa shape index (κ2) is 7.34. The number of carbonyl (C=O) groups is 1. The monoisotopic (exact) mass is 365 g/mol. The van der Waals surface area contributed by atoms with E-state index in [9.17, 15) is 4.79 Å². The van der Waals surface area contributed by atoms with Gasteiger partial charge in [0.05, 0.1) is 23.6 Å². The maximum absolute atomic E-state index is 13.4. The minimum Gasteiger partial charge on any atom is -0.360 e. The van der Waals surface area contributed by atoms with Gasteiger partial charge < -0.3 is 9.42 Å². The molecule has 1 fully saturated rings. The molecule has 0 spiro atoms. The first kappa shape index (κ1) is 17.5. The fraction of sp³-hybridized carbons (Fsp3) is 0.400. The predicted octanol–water partition coefficient (Wildman–Crippen LogP) is 3.70. The number of pyridine rings is 1. The molecule has 1 amide bonds. The Kier molecular flexibility index (Phi) is 4.75. The van der Waals surface area contributed by atoms with E-state index in [2.05, 4.69) is 20.3 Å². The Morgan fingerprint density at radius 1 is 1.33 bits per heavy atom. The number of hydrogen-bond acceptors (Lipinski definition) is 5. The SMILES string of the molecule is CCc1onc(C)c1C(=O)N1CCCCC1c1[nH]ncc1-c1ccncc1. The quantitative estimate of drug-likeness (QED) is 0.762. The molecule has 3 aromatic heterocycles. The van der Waals surface area contributed by atoms with Crippen molar-refractivity contribution in [1.29, 1.82) is 0 Å². The Balaban J connectivity index is 1.71. The number of rotatable bonds is 4. The van der Waals surface area contributed by atoms with Crippen LogP contribution in [0.4, 0.5) is 0 Å². The average molecular weight is 365 g/mol. The number of nitrogens with one attached hydrogen (secondary N) is 1. The molecule has 7 nitrogen and oxygen atoms in total. The molecule has 0 bridgehead atoms. The van der Waals surface area contributed by atoms with E-state index in [-0.39, 0.29) is 11.9 Å². The van der Waals surface area contributed by atoms with Crippen molar-refractivity contribution in [3.05, 3.63) is 53.4 Å².